The van der Waals surface area contributed by atoms with Gasteiger partial charge in [0, 0.05) is 17.9 Å². The van der Waals surface area contributed by atoms with Crippen LogP contribution in [0, 0.1) is 6.92 Å². The van der Waals surface area contributed by atoms with Crippen LogP contribution in [0.1, 0.15) is 24.0 Å². The average molecular weight is 296 g/mol. The molecule has 0 fully saturated rings. The third-order valence-corrected chi connectivity index (χ3v) is 4.05. The van der Waals surface area contributed by atoms with Gasteiger partial charge in [-0.15, -0.1) is 0 Å². The van der Waals surface area contributed by atoms with Gasteiger partial charge in [0.25, 0.3) is 0 Å². The second-order valence-electron chi connectivity index (χ2n) is 5.67. The zero-order chi connectivity index (χ0) is 15.5. The summed E-state index contributed by atoms with van der Waals surface area (Å²) < 4.78 is 0. The minimum absolute atomic E-state index is 0.126. The number of anilines is 2. The average Bonchev–Trinajstić information content (AvgIpc) is 2.73. The molecule has 2 aromatic rings. The number of hydrogen-bond acceptors (Lipinski definition) is 2. The topological polar surface area (TPSA) is 52.6 Å². The fourth-order valence-electron chi connectivity index (χ4n) is 2.83. The number of carbonyl (C=O) groups is 1. The predicted molar refractivity (Wildman–Crippen MR) is 88.6 cm³/mol. The molecular weight excluding hydrogens is 276 g/mol. The second-order valence-corrected chi connectivity index (χ2v) is 5.67. The number of fused-ring (bicyclic) bond motifs is 1. The van der Waals surface area contributed by atoms with E-state index in [2.05, 4.69) is 11.4 Å². The van der Waals surface area contributed by atoms with Gasteiger partial charge in [-0.05, 0) is 61.6 Å². The Morgan fingerprint density at radius 2 is 2.00 bits per heavy atom. The number of hydrogen-bond donors (Lipinski definition) is 2. The molecule has 4 heteroatoms. The van der Waals surface area contributed by atoms with E-state index >= 15 is 0 Å². The highest BCUT2D eigenvalue weighted by molar-refractivity contribution is 6.02. The van der Waals surface area contributed by atoms with Gasteiger partial charge < -0.3 is 10.4 Å². The van der Waals surface area contributed by atoms with Crippen LogP contribution in [0.2, 0.25) is 0 Å². The van der Waals surface area contributed by atoms with Crippen LogP contribution < -0.4 is 10.2 Å². The Bertz CT molecular complexity index is 697. The van der Waals surface area contributed by atoms with Crippen LogP contribution in [0.3, 0.4) is 0 Å². The summed E-state index contributed by atoms with van der Waals surface area (Å²) in [5.74, 6) is 0.234. The van der Waals surface area contributed by atoms with Crippen molar-refractivity contribution in [3.05, 3.63) is 53.6 Å². The molecule has 1 aliphatic rings. The Balaban J connectivity index is 1.84. The first kappa shape index (κ1) is 14.4. The maximum absolute atomic E-state index is 12.6. The summed E-state index contributed by atoms with van der Waals surface area (Å²) >= 11 is 0. The van der Waals surface area contributed by atoms with Crippen LogP contribution in [0.4, 0.5) is 16.2 Å². The van der Waals surface area contributed by atoms with Crippen molar-refractivity contribution in [1.82, 2.24) is 0 Å². The molecule has 3 rings (SSSR count). The van der Waals surface area contributed by atoms with E-state index in [1.807, 2.05) is 30.0 Å². The Labute approximate surface area is 130 Å². The van der Waals surface area contributed by atoms with E-state index < -0.39 is 0 Å². The molecule has 2 aromatic carbocycles. The Morgan fingerprint density at radius 3 is 2.82 bits per heavy atom. The summed E-state index contributed by atoms with van der Waals surface area (Å²) in [6.07, 6.45) is 3.11. The maximum Gasteiger partial charge on any atom is 0.326 e. The molecule has 22 heavy (non-hydrogen) atoms. The number of nitrogens with zero attached hydrogens (tertiary/aromatic N) is 1. The first-order valence-electron chi connectivity index (χ1n) is 7.61. The number of urea groups is 1. The molecule has 0 atom stereocenters. The molecule has 114 valence electrons. The maximum atomic E-state index is 12.6. The van der Waals surface area contributed by atoms with Gasteiger partial charge in [-0.25, -0.2) is 4.79 Å². The largest absolute Gasteiger partial charge is 0.508 e. The standard InChI is InChI=1S/C18H20N2O2/c1-13-12-15(9-10-17(13)21)19-18(22)20-11-5-4-7-14-6-2-3-8-16(14)20/h2-3,6,8-10,12,21H,4-5,7,11H2,1H3,(H,19,22). The number of phenols is 1. The lowest BCUT2D eigenvalue weighted by molar-refractivity contribution is 0.257. The van der Waals surface area contributed by atoms with E-state index in [-0.39, 0.29) is 11.8 Å². The molecule has 0 saturated heterocycles. The number of rotatable bonds is 1. The SMILES string of the molecule is Cc1cc(NC(=O)N2CCCCc3ccccc32)ccc1O. The summed E-state index contributed by atoms with van der Waals surface area (Å²) in [5, 5.41) is 12.5. The van der Waals surface area contributed by atoms with Crippen molar-refractivity contribution >= 4 is 17.4 Å². The van der Waals surface area contributed by atoms with Crippen molar-refractivity contribution in [2.75, 3.05) is 16.8 Å². The summed E-state index contributed by atoms with van der Waals surface area (Å²) in [7, 11) is 0. The first-order chi connectivity index (χ1) is 10.6. The van der Waals surface area contributed by atoms with E-state index in [1.54, 1.807) is 18.2 Å². The van der Waals surface area contributed by atoms with Crippen molar-refractivity contribution in [2.45, 2.75) is 26.2 Å². The molecule has 0 unspecified atom stereocenters. The highest BCUT2D eigenvalue weighted by Crippen LogP contribution is 2.27. The molecule has 0 aromatic heterocycles. The zero-order valence-corrected chi connectivity index (χ0v) is 12.7. The molecular formula is C18H20N2O2. The van der Waals surface area contributed by atoms with Crippen molar-refractivity contribution in [3.8, 4) is 5.75 Å². The van der Waals surface area contributed by atoms with Gasteiger partial charge in [0.2, 0.25) is 0 Å². The minimum atomic E-state index is -0.126. The summed E-state index contributed by atoms with van der Waals surface area (Å²) in [6, 6.07) is 13.0. The Kier molecular flexibility index (Phi) is 4.00. The smallest absolute Gasteiger partial charge is 0.326 e. The van der Waals surface area contributed by atoms with Gasteiger partial charge in [-0.2, -0.15) is 0 Å². The van der Waals surface area contributed by atoms with E-state index in [4.69, 9.17) is 0 Å². The van der Waals surface area contributed by atoms with Gasteiger partial charge >= 0.3 is 6.03 Å². The van der Waals surface area contributed by atoms with Crippen molar-refractivity contribution in [2.24, 2.45) is 0 Å². The molecule has 1 heterocycles. The quantitative estimate of drug-likeness (QED) is 0.779. The van der Waals surface area contributed by atoms with E-state index in [9.17, 15) is 9.90 Å². The van der Waals surface area contributed by atoms with Crippen LogP contribution in [-0.4, -0.2) is 17.7 Å². The summed E-state index contributed by atoms with van der Waals surface area (Å²) in [5.41, 5.74) is 3.65. The highest BCUT2D eigenvalue weighted by atomic mass is 16.3. The molecule has 2 amide bonds. The second kappa shape index (κ2) is 6.10. The van der Waals surface area contributed by atoms with Crippen LogP contribution in [0.5, 0.6) is 5.75 Å². The number of aryl methyl sites for hydroxylation is 2. The first-order valence-corrected chi connectivity index (χ1v) is 7.61. The lowest BCUT2D eigenvalue weighted by Gasteiger charge is -2.23. The van der Waals surface area contributed by atoms with E-state index in [0.717, 1.165) is 37.1 Å². The number of amides is 2. The molecule has 0 aliphatic carbocycles. The van der Waals surface area contributed by atoms with Crippen LogP contribution >= 0.6 is 0 Å². The van der Waals surface area contributed by atoms with Gasteiger partial charge in [-0.1, -0.05) is 18.2 Å². The molecule has 0 radical (unpaired) electrons. The zero-order valence-electron chi connectivity index (χ0n) is 12.7. The lowest BCUT2D eigenvalue weighted by Crippen LogP contribution is -2.35. The molecule has 0 bridgehead atoms. The molecule has 0 saturated carbocycles. The van der Waals surface area contributed by atoms with Crippen molar-refractivity contribution in [3.63, 3.8) is 0 Å². The minimum Gasteiger partial charge on any atom is -0.508 e. The van der Waals surface area contributed by atoms with Crippen LogP contribution in [0.15, 0.2) is 42.5 Å². The molecule has 1 aliphatic heterocycles. The fourth-order valence-corrected chi connectivity index (χ4v) is 2.83. The normalized spacial score (nSPS) is 14.1. The Hall–Kier alpha value is -2.49. The van der Waals surface area contributed by atoms with Gasteiger partial charge in [0.15, 0.2) is 0 Å². The highest BCUT2D eigenvalue weighted by Gasteiger charge is 2.20. The third kappa shape index (κ3) is 2.91. The number of phenolic OH excluding ortho intramolecular Hbond substituents is 1. The van der Waals surface area contributed by atoms with Crippen LogP contribution in [0.25, 0.3) is 0 Å². The Morgan fingerprint density at radius 1 is 1.18 bits per heavy atom. The predicted octanol–water partition coefficient (Wildman–Crippen LogP) is 4.08. The number of para-hydroxylation sites is 1. The van der Waals surface area contributed by atoms with E-state index in [1.165, 1.54) is 5.56 Å². The number of benzene rings is 2. The molecule has 4 nitrogen and oxygen atoms in total. The molecule has 0 spiro atoms. The number of aromatic hydroxyl groups is 1. The number of carbonyl (C=O) groups excluding carboxylic acids is 1. The van der Waals surface area contributed by atoms with Gasteiger partial charge in [-0.3, -0.25) is 4.90 Å². The fraction of sp³-hybridized carbons (Fsp3) is 0.278. The monoisotopic (exact) mass is 296 g/mol. The summed E-state index contributed by atoms with van der Waals surface area (Å²) in [4.78, 5) is 14.4. The van der Waals surface area contributed by atoms with Gasteiger partial charge in [0.1, 0.15) is 5.75 Å². The van der Waals surface area contributed by atoms with Crippen molar-refractivity contribution in [1.29, 1.82) is 0 Å². The van der Waals surface area contributed by atoms with Gasteiger partial charge in [0.05, 0.1) is 0 Å². The summed E-state index contributed by atoms with van der Waals surface area (Å²) in [6.45, 7) is 2.53. The van der Waals surface area contributed by atoms with E-state index in [0.29, 0.717) is 5.69 Å². The van der Waals surface area contributed by atoms with Crippen molar-refractivity contribution < 1.29 is 9.90 Å². The molecule has 2 N–H and O–H groups in total. The lowest BCUT2D eigenvalue weighted by atomic mass is 10.1. The third-order valence-electron chi connectivity index (χ3n) is 4.05. The van der Waals surface area contributed by atoms with Crippen LogP contribution in [-0.2, 0) is 6.42 Å². The number of nitrogens with one attached hydrogen (secondary N) is 1.